The van der Waals surface area contributed by atoms with E-state index in [0.717, 1.165) is 0 Å². The first-order chi connectivity index (χ1) is 10.0. The fraction of sp³-hybridized carbons (Fsp3) is 0.500. The van der Waals surface area contributed by atoms with Crippen LogP contribution in [0.3, 0.4) is 0 Å². The van der Waals surface area contributed by atoms with Crippen LogP contribution in [-0.4, -0.2) is 15.0 Å². The van der Waals surface area contributed by atoms with Crippen LogP contribution in [0.15, 0.2) is 55.4 Å². The van der Waals surface area contributed by atoms with Gasteiger partial charge >= 0.3 is 0 Å². The summed E-state index contributed by atoms with van der Waals surface area (Å²) >= 11 is 0. The van der Waals surface area contributed by atoms with Gasteiger partial charge in [0.05, 0.1) is 0 Å². The maximum atomic E-state index is 3.78. The van der Waals surface area contributed by atoms with Crippen molar-refractivity contribution in [1.29, 1.82) is 0 Å². The first-order valence-electron chi connectivity index (χ1n) is 7.55. The quantitative estimate of drug-likeness (QED) is 0.572. The summed E-state index contributed by atoms with van der Waals surface area (Å²) in [5.74, 6) is 0. The van der Waals surface area contributed by atoms with Crippen molar-refractivity contribution in [2.75, 3.05) is 0 Å². The number of hydrogen-bond acceptors (Lipinski definition) is 3. The molecule has 3 heteroatoms. The van der Waals surface area contributed by atoms with Crippen molar-refractivity contribution in [3.05, 3.63) is 55.4 Å². The van der Waals surface area contributed by atoms with Gasteiger partial charge in [0, 0.05) is 24.8 Å². The smallest absolute Gasteiger partial charge is 0.115 e. The highest BCUT2D eigenvalue weighted by Crippen LogP contribution is 1.73. The first kappa shape index (κ1) is 31.6. The molecule has 3 nitrogen and oxygen atoms in total. The van der Waals surface area contributed by atoms with E-state index in [0.29, 0.717) is 0 Å². The summed E-state index contributed by atoms with van der Waals surface area (Å²) in [4.78, 5) is 11.1. The monoisotopic (exact) mass is 295 g/mol. The van der Waals surface area contributed by atoms with Gasteiger partial charge < -0.3 is 0 Å². The Balaban J connectivity index is -0.0000000539. The maximum absolute atomic E-state index is 3.78. The summed E-state index contributed by atoms with van der Waals surface area (Å²) in [6.07, 6.45) is 8.38. The first-order valence-corrected chi connectivity index (χ1v) is 7.55. The van der Waals surface area contributed by atoms with Gasteiger partial charge in [-0.15, -0.1) is 0 Å². The average molecular weight is 296 g/mol. The second kappa shape index (κ2) is 51.7. The van der Waals surface area contributed by atoms with Crippen molar-refractivity contribution in [2.45, 2.75) is 62.8 Å². The molecule has 2 aromatic rings. The summed E-state index contributed by atoms with van der Waals surface area (Å²) in [7, 11) is 0. The molecule has 21 heavy (non-hydrogen) atoms. The third-order valence-corrected chi connectivity index (χ3v) is 1.04. The maximum Gasteiger partial charge on any atom is 0.115 e. The Morgan fingerprint density at radius 1 is 0.429 bits per heavy atom. The standard InChI is InChI=1S/C5H5N.C4H4N2.4C2H6.CH4/c1-2-4-6-5-3-1;1-2-5-4-6-3-1;4*1-2;/h1-5H;1-4H;4*1-2H3;1H4. The molecule has 124 valence electrons. The van der Waals surface area contributed by atoms with E-state index in [1.54, 1.807) is 30.9 Å². The van der Waals surface area contributed by atoms with E-state index in [4.69, 9.17) is 0 Å². The zero-order valence-corrected chi connectivity index (χ0v) is 14.5. The van der Waals surface area contributed by atoms with Crippen LogP contribution in [0.1, 0.15) is 62.8 Å². The van der Waals surface area contributed by atoms with E-state index < -0.39 is 0 Å². The SMILES string of the molecule is C.CC.CC.CC.CC.c1ccncc1.c1cncnc1. The lowest BCUT2D eigenvalue weighted by Gasteiger charge is -1.70. The van der Waals surface area contributed by atoms with Crippen LogP contribution in [0.2, 0.25) is 0 Å². The molecule has 2 heterocycles. The highest BCUT2D eigenvalue weighted by Gasteiger charge is 1.59. The van der Waals surface area contributed by atoms with Crippen molar-refractivity contribution >= 4 is 0 Å². The van der Waals surface area contributed by atoms with Crippen molar-refractivity contribution in [3.8, 4) is 0 Å². The highest BCUT2D eigenvalue weighted by atomic mass is 14.8. The summed E-state index contributed by atoms with van der Waals surface area (Å²) < 4.78 is 0. The minimum atomic E-state index is 0. The Kier molecular flexibility index (Phi) is 77.7. The lowest BCUT2D eigenvalue weighted by Crippen LogP contribution is -1.66. The van der Waals surface area contributed by atoms with Crippen molar-refractivity contribution in [3.63, 3.8) is 0 Å². The Hall–Kier alpha value is -1.77. The van der Waals surface area contributed by atoms with Crippen LogP contribution < -0.4 is 0 Å². The van der Waals surface area contributed by atoms with Gasteiger partial charge in [0.15, 0.2) is 0 Å². The lowest BCUT2D eigenvalue weighted by molar-refractivity contribution is 1.17. The molecule has 0 saturated carbocycles. The third-order valence-electron chi connectivity index (χ3n) is 1.04. The van der Waals surface area contributed by atoms with Gasteiger partial charge in [0.25, 0.3) is 0 Å². The molecule has 0 spiro atoms. The van der Waals surface area contributed by atoms with E-state index in [1.807, 2.05) is 73.6 Å². The molecule has 0 N–H and O–H groups in total. The van der Waals surface area contributed by atoms with Gasteiger partial charge in [0.2, 0.25) is 0 Å². The minimum absolute atomic E-state index is 0. The zero-order valence-electron chi connectivity index (χ0n) is 14.5. The van der Waals surface area contributed by atoms with Gasteiger partial charge in [-0.3, -0.25) is 4.98 Å². The topological polar surface area (TPSA) is 38.7 Å². The second-order valence-corrected chi connectivity index (χ2v) is 1.93. The van der Waals surface area contributed by atoms with E-state index in [1.165, 1.54) is 6.33 Å². The molecule has 0 aliphatic heterocycles. The van der Waals surface area contributed by atoms with Gasteiger partial charge in [-0.25, -0.2) is 9.97 Å². The summed E-state index contributed by atoms with van der Waals surface area (Å²) in [6.45, 7) is 16.0. The number of hydrogen-bond donors (Lipinski definition) is 0. The molecule has 0 saturated heterocycles. The van der Waals surface area contributed by atoms with Gasteiger partial charge in [-0.05, 0) is 18.2 Å². The van der Waals surface area contributed by atoms with Crippen LogP contribution in [0.5, 0.6) is 0 Å². The second-order valence-electron chi connectivity index (χ2n) is 1.93. The summed E-state index contributed by atoms with van der Waals surface area (Å²) in [6, 6.07) is 7.49. The van der Waals surface area contributed by atoms with Crippen molar-refractivity contribution in [2.24, 2.45) is 0 Å². The van der Waals surface area contributed by atoms with Crippen LogP contribution in [0, 0.1) is 0 Å². The van der Waals surface area contributed by atoms with Crippen LogP contribution in [0.4, 0.5) is 0 Å². The zero-order chi connectivity index (χ0) is 16.5. The largest absolute Gasteiger partial charge is 0.265 e. The average Bonchev–Trinajstić information content (AvgIpc) is 2.65. The molecule has 0 fully saturated rings. The molecular formula is C18H37N3. The third kappa shape index (κ3) is 45.9. The lowest BCUT2D eigenvalue weighted by atomic mass is 10.5. The predicted molar refractivity (Wildman–Crippen MR) is 98.4 cm³/mol. The highest BCUT2D eigenvalue weighted by molar-refractivity contribution is 4.88. The molecule has 0 bridgehead atoms. The molecule has 0 amide bonds. The Morgan fingerprint density at radius 3 is 0.857 bits per heavy atom. The molecule has 0 atom stereocenters. The van der Waals surface area contributed by atoms with Gasteiger partial charge in [0.1, 0.15) is 6.33 Å². The molecule has 0 aromatic carbocycles. The summed E-state index contributed by atoms with van der Waals surface area (Å²) in [5.41, 5.74) is 0. The Bertz CT molecular complexity index is 188. The number of aromatic nitrogens is 3. The minimum Gasteiger partial charge on any atom is -0.265 e. The molecule has 0 aliphatic rings. The Morgan fingerprint density at radius 2 is 0.762 bits per heavy atom. The number of pyridine rings is 1. The fourth-order valence-electron chi connectivity index (χ4n) is 0.566. The van der Waals surface area contributed by atoms with E-state index in [2.05, 4.69) is 15.0 Å². The molecule has 0 unspecified atom stereocenters. The van der Waals surface area contributed by atoms with Gasteiger partial charge in [-0.2, -0.15) is 0 Å². The van der Waals surface area contributed by atoms with Crippen LogP contribution in [-0.2, 0) is 0 Å². The molecule has 0 radical (unpaired) electrons. The number of rotatable bonds is 0. The van der Waals surface area contributed by atoms with E-state index in [9.17, 15) is 0 Å². The van der Waals surface area contributed by atoms with E-state index >= 15 is 0 Å². The molecule has 2 aromatic heterocycles. The predicted octanol–water partition coefficient (Wildman–Crippen LogP) is 6.30. The van der Waals surface area contributed by atoms with E-state index in [-0.39, 0.29) is 7.43 Å². The van der Waals surface area contributed by atoms with Crippen molar-refractivity contribution < 1.29 is 0 Å². The molecule has 2 rings (SSSR count). The molecule has 0 aliphatic carbocycles. The van der Waals surface area contributed by atoms with Crippen molar-refractivity contribution in [1.82, 2.24) is 15.0 Å². The Labute approximate surface area is 133 Å². The summed E-state index contributed by atoms with van der Waals surface area (Å²) in [5, 5.41) is 0. The van der Waals surface area contributed by atoms with Crippen LogP contribution in [0.25, 0.3) is 0 Å². The normalized spacial score (nSPS) is 5.71. The van der Waals surface area contributed by atoms with Gasteiger partial charge in [-0.1, -0.05) is 68.9 Å². The van der Waals surface area contributed by atoms with Crippen LogP contribution >= 0.6 is 0 Å². The molecular weight excluding hydrogens is 258 g/mol. The fourth-order valence-corrected chi connectivity index (χ4v) is 0.566. The number of nitrogens with zero attached hydrogens (tertiary/aromatic N) is 3.